The van der Waals surface area contributed by atoms with Gasteiger partial charge < -0.3 is 10.6 Å². The zero-order chi connectivity index (χ0) is 20.9. The van der Waals surface area contributed by atoms with Crippen LogP contribution in [-0.2, 0) is 4.79 Å². The molecular weight excluding hydrogens is 394 g/mol. The molecule has 6 heteroatoms. The molecule has 156 valence electrons. The molecule has 0 aliphatic carbocycles. The molecule has 30 heavy (non-hydrogen) atoms. The van der Waals surface area contributed by atoms with E-state index in [0.29, 0.717) is 41.5 Å². The number of hydrogen-bond donors (Lipinski definition) is 2. The molecular formula is C24H27N3O2S. The highest BCUT2D eigenvalue weighted by Gasteiger charge is 2.31. The van der Waals surface area contributed by atoms with Crippen LogP contribution in [0, 0.1) is 18.8 Å². The maximum absolute atomic E-state index is 13.3. The van der Waals surface area contributed by atoms with Gasteiger partial charge in [0.1, 0.15) is 0 Å². The van der Waals surface area contributed by atoms with Gasteiger partial charge in [-0.15, -0.1) is 23.2 Å². The number of hydrogen-bond acceptors (Lipinski definition) is 4. The summed E-state index contributed by atoms with van der Waals surface area (Å²) in [6.07, 6.45) is 6.67. The Morgan fingerprint density at radius 2 is 2.10 bits per heavy atom. The average molecular weight is 422 g/mol. The van der Waals surface area contributed by atoms with Gasteiger partial charge in [0.05, 0.1) is 22.6 Å². The third-order valence-corrected chi connectivity index (χ3v) is 6.55. The smallest absolute Gasteiger partial charge is 0.258 e. The number of nitrogens with zero attached hydrogens (tertiary/aromatic N) is 1. The normalized spacial score (nSPS) is 18.2. The van der Waals surface area contributed by atoms with Gasteiger partial charge in [0.25, 0.3) is 5.91 Å². The molecule has 0 saturated carbocycles. The van der Waals surface area contributed by atoms with E-state index in [2.05, 4.69) is 22.5 Å². The summed E-state index contributed by atoms with van der Waals surface area (Å²) < 4.78 is 0. The van der Waals surface area contributed by atoms with E-state index >= 15 is 0 Å². The van der Waals surface area contributed by atoms with Crippen LogP contribution in [0.4, 0.5) is 17.1 Å². The molecule has 4 rings (SSSR count). The number of aryl methyl sites for hydroxylation is 1. The van der Waals surface area contributed by atoms with E-state index in [9.17, 15) is 9.59 Å². The summed E-state index contributed by atoms with van der Waals surface area (Å²) in [6, 6.07) is 7.93. The molecule has 0 spiro atoms. The van der Waals surface area contributed by atoms with E-state index < -0.39 is 0 Å². The van der Waals surface area contributed by atoms with E-state index in [1.807, 2.05) is 36.6 Å². The Morgan fingerprint density at radius 1 is 1.23 bits per heavy atom. The predicted molar refractivity (Wildman–Crippen MR) is 122 cm³/mol. The lowest BCUT2D eigenvalue weighted by molar-refractivity contribution is -0.117. The minimum Gasteiger partial charge on any atom is -0.320 e. The lowest BCUT2D eigenvalue weighted by Crippen LogP contribution is -2.27. The molecule has 1 aromatic carbocycles. The molecule has 1 unspecified atom stereocenters. The quantitative estimate of drug-likeness (QED) is 0.686. The molecule has 2 aromatic rings. The van der Waals surface area contributed by atoms with Crippen LogP contribution in [0.5, 0.6) is 0 Å². The fraction of sp³-hybridized carbons (Fsp3) is 0.417. The van der Waals surface area contributed by atoms with Crippen LogP contribution in [0.25, 0.3) is 0 Å². The van der Waals surface area contributed by atoms with Crippen molar-refractivity contribution in [1.29, 1.82) is 0 Å². The molecule has 2 aliphatic rings. The number of thiophene rings is 1. The Morgan fingerprint density at radius 3 is 3.00 bits per heavy atom. The minimum absolute atomic E-state index is 0.0383. The lowest BCUT2D eigenvalue weighted by Gasteiger charge is -2.23. The van der Waals surface area contributed by atoms with Crippen molar-refractivity contribution in [3.63, 3.8) is 0 Å². The summed E-state index contributed by atoms with van der Waals surface area (Å²) in [4.78, 5) is 28.6. The zero-order valence-electron chi connectivity index (χ0n) is 17.3. The van der Waals surface area contributed by atoms with Crippen molar-refractivity contribution in [1.82, 2.24) is 5.32 Å². The van der Waals surface area contributed by atoms with Crippen molar-refractivity contribution in [3.8, 4) is 11.8 Å². The minimum atomic E-state index is -0.173. The van der Waals surface area contributed by atoms with Gasteiger partial charge in [-0.1, -0.05) is 25.0 Å². The van der Waals surface area contributed by atoms with Crippen molar-refractivity contribution in [2.24, 2.45) is 0 Å². The van der Waals surface area contributed by atoms with Gasteiger partial charge in [-0.05, 0) is 38.4 Å². The number of carbonyl (C=O) groups excluding carboxylic acids is 2. The van der Waals surface area contributed by atoms with Gasteiger partial charge in [0.2, 0.25) is 5.91 Å². The monoisotopic (exact) mass is 421 g/mol. The molecule has 5 nitrogen and oxygen atoms in total. The predicted octanol–water partition coefficient (Wildman–Crippen LogP) is 4.99. The van der Waals surface area contributed by atoms with Gasteiger partial charge in [0, 0.05) is 35.6 Å². The highest BCUT2D eigenvalue weighted by atomic mass is 32.1. The summed E-state index contributed by atoms with van der Waals surface area (Å²) in [5.41, 5.74) is 2.62. The van der Waals surface area contributed by atoms with Crippen molar-refractivity contribution in [3.05, 3.63) is 40.1 Å². The number of carbonyl (C=O) groups is 2. The fourth-order valence-electron chi connectivity index (χ4n) is 4.07. The van der Waals surface area contributed by atoms with E-state index in [1.54, 1.807) is 4.90 Å². The summed E-state index contributed by atoms with van der Waals surface area (Å²) in [5, 5.41) is 8.31. The Balaban J connectivity index is 1.48. The first kappa shape index (κ1) is 20.6. The molecule has 1 fully saturated rings. The van der Waals surface area contributed by atoms with Gasteiger partial charge >= 0.3 is 0 Å². The molecule has 1 aromatic heterocycles. The third kappa shape index (κ3) is 4.43. The van der Waals surface area contributed by atoms with Gasteiger partial charge in [-0.2, -0.15) is 0 Å². The van der Waals surface area contributed by atoms with Crippen LogP contribution in [0.2, 0.25) is 0 Å². The first-order valence-corrected chi connectivity index (χ1v) is 11.5. The summed E-state index contributed by atoms with van der Waals surface area (Å²) in [5.74, 6) is 6.23. The highest BCUT2D eigenvalue weighted by molar-refractivity contribution is 7.11. The number of nitrogens with one attached hydrogen (secondary N) is 2. The summed E-state index contributed by atoms with van der Waals surface area (Å²) in [6.45, 7) is 3.03. The topological polar surface area (TPSA) is 61.4 Å². The summed E-state index contributed by atoms with van der Waals surface area (Å²) >= 11 is 1.49. The largest absolute Gasteiger partial charge is 0.320 e. The second-order valence-electron chi connectivity index (χ2n) is 7.81. The number of benzene rings is 1. The third-order valence-electron chi connectivity index (χ3n) is 5.65. The number of rotatable bonds is 3. The van der Waals surface area contributed by atoms with E-state index in [-0.39, 0.29) is 11.8 Å². The first-order valence-electron chi connectivity index (χ1n) is 10.7. The summed E-state index contributed by atoms with van der Waals surface area (Å²) in [7, 11) is 0. The number of anilines is 3. The molecule has 2 N–H and O–H groups in total. The van der Waals surface area contributed by atoms with E-state index in [1.165, 1.54) is 37.0 Å². The molecule has 0 radical (unpaired) electrons. The second-order valence-corrected chi connectivity index (χ2v) is 8.90. The zero-order valence-corrected chi connectivity index (χ0v) is 18.1. The van der Waals surface area contributed by atoms with Crippen molar-refractivity contribution in [2.75, 3.05) is 16.8 Å². The van der Waals surface area contributed by atoms with Crippen LogP contribution in [0.3, 0.4) is 0 Å². The number of para-hydroxylation sites is 2. The maximum Gasteiger partial charge on any atom is 0.258 e. The maximum atomic E-state index is 13.3. The standard InChI is InChI=1S/C24H27N3O2S/c1-17-23-19(16-30-17)24(29)26-20-12-7-8-13-21(20)27(23)22(28)14-6-2-4-10-18-11-5-3-9-15-25-18/h7-8,12-13,16,18,25H,3,5-6,9-11,14-15H2,1H3,(H,26,29). The van der Waals surface area contributed by atoms with Crippen LogP contribution >= 0.6 is 11.3 Å². The molecule has 3 heterocycles. The van der Waals surface area contributed by atoms with Gasteiger partial charge in [-0.25, -0.2) is 0 Å². The van der Waals surface area contributed by atoms with Crippen LogP contribution < -0.4 is 15.5 Å². The van der Waals surface area contributed by atoms with Crippen molar-refractivity contribution >= 4 is 40.2 Å². The van der Waals surface area contributed by atoms with Crippen LogP contribution in [0.1, 0.15) is 60.2 Å². The highest BCUT2D eigenvalue weighted by Crippen LogP contribution is 2.42. The SMILES string of the molecule is Cc1scc2c1N(C(=O)CCC#CCC1CCCCCN1)c1ccccc1NC2=O. The molecule has 1 saturated heterocycles. The molecule has 0 bridgehead atoms. The lowest BCUT2D eigenvalue weighted by atomic mass is 10.1. The fourth-order valence-corrected chi connectivity index (χ4v) is 4.90. The van der Waals surface area contributed by atoms with Crippen molar-refractivity contribution in [2.45, 2.75) is 57.9 Å². The van der Waals surface area contributed by atoms with Crippen LogP contribution in [0.15, 0.2) is 29.6 Å². The second kappa shape index (κ2) is 9.46. The Hall–Kier alpha value is -2.62. The molecule has 2 aliphatic heterocycles. The van der Waals surface area contributed by atoms with Gasteiger partial charge in [0.15, 0.2) is 0 Å². The Kier molecular flexibility index (Phi) is 6.51. The van der Waals surface area contributed by atoms with Crippen molar-refractivity contribution < 1.29 is 9.59 Å². The first-order chi connectivity index (χ1) is 14.6. The molecule has 2 amide bonds. The van der Waals surface area contributed by atoms with Crippen LogP contribution in [-0.4, -0.2) is 24.4 Å². The Bertz CT molecular complexity index is 993. The van der Waals surface area contributed by atoms with E-state index in [4.69, 9.17) is 0 Å². The van der Waals surface area contributed by atoms with Gasteiger partial charge in [-0.3, -0.25) is 14.5 Å². The average Bonchev–Trinajstić information content (AvgIpc) is 2.91. The molecule has 1 atom stereocenters. The number of fused-ring (bicyclic) bond motifs is 2. The number of amides is 2. The van der Waals surface area contributed by atoms with E-state index in [0.717, 1.165) is 17.8 Å². The Labute approximate surface area is 181 Å².